The van der Waals surface area contributed by atoms with Crippen molar-refractivity contribution in [3.63, 3.8) is 0 Å². The Bertz CT molecular complexity index is 656. The van der Waals surface area contributed by atoms with Crippen molar-refractivity contribution in [2.24, 2.45) is 0 Å². The van der Waals surface area contributed by atoms with E-state index in [0.29, 0.717) is 5.56 Å². The van der Waals surface area contributed by atoms with Gasteiger partial charge in [-0.15, -0.1) is 0 Å². The second-order valence-electron chi connectivity index (χ2n) is 4.66. The number of hydrogen-bond donors (Lipinski definition) is 0. The van der Waals surface area contributed by atoms with E-state index in [1.165, 1.54) is 11.1 Å². The monoisotopic (exact) mass is 314 g/mol. The molecule has 0 amide bonds. The number of anilines is 2. The van der Waals surface area contributed by atoms with Crippen LogP contribution in [0.4, 0.5) is 11.4 Å². The SMILES string of the molecule is Cc1ccc(N(C)c2cc(Br)cc(C#N)c2)c(C)c1. The van der Waals surface area contributed by atoms with Crippen molar-refractivity contribution in [1.29, 1.82) is 5.26 Å². The minimum Gasteiger partial charge on any atom is -0.344 e. The first-order valence-corrected chi connectivity index (χ1v) is 6.82. The molecule has 0 spiro atoms. The van der Waals surface area contributed by atoms with Gasteiger partial charge in [-0.2, -0.15) is 5.26 Å². The molecule has 0 aromatic heterocycles. The molecule has 0 saturated carbocycles. The van der Waals surface area contributed by atoms with E-state index in [0.717, 1.165) is 15.8 Å². The van der Waals surface area contributed by atoms with Crippen LogP contribution in [0.15, 0.2) is 40.9 Å². The van der Waals surface area contributed by atoms with Crippen molar-refractivity contribution < 1.29 is 0 Å². The Morgan fingerprint density at radius 1 is 1.11 bits per heavy atom. The van der Waals surface area contributed by atoms with Crippen molar-refractivity contribution >= 4 is 27.3 Å². The van der Waals surface area contributed by atoms with E-state index in [1.807, 2.05) is 25.2 Å². The number of rotatable bonds is 2. The molecular formula is C16H15BrN2. The Balaban J connectivity index is 2.47. The molecule has 0 N–H and O–H groups in total. The molecule has 0 fully saturated rings. The van der Waals surface area contributed by atoms with E-state index in [-0.39, 0.29) is 0 Å². The van der Waals surface area contributed by atoms with E-state index in [9.17, 15) is 0 Å². The normalized spacial score (nSPS) is 10.1. The number of hydrogen-bond acceptors (Lipinski definition) is 2. The maximum atomic E-state index is 9.04. The van der Waals surface area contributed by atoms with Crippen LogP contribution >= 0.6 is 15.9 Å². The average Bonchev–Trinajstić information content (AvgIpc) is 2.37. The quantitative estimate of drug-likeness (QED) is 0.803. The molecule has 0 saturated heterocycles. The van der Waals surface area contributed by atoms with Crippen LogP contribution < -0.4 is 4.90 Å². The number of nitriles is 1. The van der Waals surface area contributed by atoms with Gasteiger partial charge in [0, 0.05) is 22.9 Å². The van der Waals surface area contributed by atoms with E-state index in [2.05, 4.69) is 58.9 Å². The Morgan fingerprint density at radius 2 is 1.84 bits per heavy atom. The van der Waals surface area contributed by atoms with Gasteiger partial charge in [0.2, 0.25) is 0 Å². The second-order valence-corrected chi connectivity index (χ2v) is 5.57. The molecule has 0 atom stereocenters. The first kappa shape index (κ1) is 13.6. The second kappa shape index (κ2) is 5.46. The molecule has 0 aliphatic rings. The third-order valence-corrected chi connectivity index (χ3v) is 3.57. The van der Waals surface area contributed by atoms with Gasteiger partial charge >= 0.3 is 0 Å². The van der Waals surface area contributed by atoms with Crippen LogP contribution in [-0.2, 0) is 0 Å². The summed E-state index contributed by atoms with van der Waals surface area (Å²) in [5.41, 5.74) is 5.27. The zero-order valence-corrected chi connectivity index (χ0v) is 12.8. The number of aryl methyl sites for hydroxylation is 2. The van der Waals surface area contributed by atoms with Crippen LogP contribution in [0.5, 0.6) is 0 Å². The fourth-order valence-electron chi connectivity index (χ4n) is 2.15. The zero-order valence-electron chi connectivity index (χ0n) is 11.2. The Labute approximate surface area is 122 Å². The van der Waals surface area contributed by atoms with Gasteiger partial charge in [-0.1, -0.05) is 33.6 Å². The predicted octanol–water partition coefficient (Wildman–Crippen LogP) is 4.71. The molecule has 2 rings (SSSR count). The lowest BCUT2D eigenvalue weighted by Crippen LogP contribution is -2.11. The first-order valence-electron chi connectivity index (χ1n) is 6.03. The minimum absolute atomic E-state index is 0.654. The minimum atomic E-state index is 0.654. The van der Waals surface area contributed by atoms with E-state index in [1.54, 1.807) is 0 Å². The highest BCUT2D eigenvalue weighted by molar-refractivity contribution is 9.10. The third kappa shape index (κ3) is 2.97. The van der Waals surface area contributed by atoms with Crippen LogP contribution in [0.3, 0.4) is 0 Å². The van der Waals surface area contributed by atoms with Gasteiger partial charge in [-0.25, -0.2) is 0 Å². The lowest BCUT2D eigenvalue weighted by Gasteiger charge is -2.22. The molecule has 19 heavy (non-hydrogen) atoms. The van der Waals surface area contributed by atoms with Crippen molar-refractivity contribution in [3.8, 4) is 6.07 Å². The molecule has 0 bridgehead atoms. The summed E-state index contributed by atoms with van der Waals surface area (Å²) in [7, 11) is 2.01. The van der Waals surface area contributed by atoms with Crippen LogP contribution in [0, 0.1) is 25.2 Å². The maximum absolute atomic E-state index is 9.04. The third-order valence-electron chi connectivity index (χ3n) is 3.11. The molecule has 2 nitrogen and oxygen atoms in total. The molecule has 0 radical (unpaired) electrons. The number of nitrogens with zero attached hydrogens (tertiary/aromatic N) is 2. The van der Waals surface area contributed by atoms with Crippen molar-refractivity contribution in [3.05, 3.63) is 57.6 Å². The number of benzene rings is 2. The zero-order chi connectivity index (χ0) is 14.0. The van der Waals surface area contributed by atoms with Crippen LogP contribution in [0.2, 0.25) is 0 Å². The highest BCUT2D eigenvalue weighted by atomic mass is 79.9. The fourth-order valence-corrected chi connectivity index (χ4v) is 2.63. The van der Waals surface area contributed by atoms with Gasteiger partial charge in [0.25, 0.3) is 0 Å². The summed E-state index contributed by atoms with van der Waals surface area (Å²) in [6, 6.07) is 14.3. The fraction of sp³-hybridized carbons (Fsp3) is 0.188. The molecule has 0 aliphatic heterocycles. The van der Waals surface area contributed by atoms with Gasteiger partial charge in [0.05, 0.1) is 11.6 Å². The summed E-state index contributed by atoms with van der Waals surface area (Å²) in [6.45, 7) is 4.19. The summed E-state index contributed by atoms with van der Waals surface area (Å²) in [5.74, 6) is 0. The Morgan fingerprint density at radius 3 is 2.47 bits per heavy atom. The van der Waals surface area contributed by atoms with Crippen molar-refractivity contribution in [2.45, 2.75) is 13.8 Å². The van der Waals surface area contributed by atoms with Crippen molar-refractivity contribution in [1.82, 2.24) is 0 Å². The van der Waals surface area contributed by atoms with Gasteiger partial charge in [0.1, 0.15) is 0 Å². The standard InChI is InChI=1S/C16H15BrN2/c1-11-4-5-16(12(2)6-11)19(3)15-8-13(10-18)7-14(17)9-15/h4-9H,1-3H3. The van der Waals surface area contributed by atoms with Crippen LogP contribution in [-0.4, -0.2) is 7.05 Å². The summed E-state index contributed by atoms with van der Waals surface area (Å²) in [4.78, 5) is 2.10. The van der Waals surface area contributed by atoms with Gasteiger partial charge in [-0.05, 0) is 43.7 Å². The van der Waals surface area contributed by atoms with Gasteiger partial charge < -0.3 is 4.90 Å². The molecule has 3 heteroatoms. The molecule has 0 aliphatic carbocycles. The molecule has 96 valence electrons. The summed E-state index contributed by atoms with van der Waals surface area (Å²) < 4.78 is 0.915. The summed E-state index contributed by atoms with van der Waals surface area (Å²) in [6.07, 6.45) is 0. The summed E-state index contributed by atoms with van der Waals surface area (Å²) >= 11 is 3.45. The summed E-state index contributed by atoms with van der Waals surface area (Å²) in [5, 5.41) is 9.04. The molecule has 2 aromatic rings. The molecule has 0 heterocycles. The van der Waals surface area contributed by atoms with E-state index < -0.39 is 0 Å². The predicted molar refractivity (Wildman–Crippen MR) is 82.8 cm³/mol. The highest BCUT2D eigenvalue weighted by Crippen LogP contribution is 2.30. The average molecular weight is 315 g/mol. The topological polar surface area (TPSA) is 27.0 Å². The van der Waals surface area contributed by atoms with E-state index >= 15 is 0 Å². The molecular weight excluding hydrogens is 300 g/mol. The largest absolute Gasteiger partial charge is 0.344 e. The highest BCUT2D eigenvalue weighted by Gasteiger charge is 2.09. The van der Waals surface area contributed by atoms with Crippen LogP contribution in [0.25, 0.3) is 0 Å². The van der Waals surface area contributed by atoms with Crippen LogP contribution in [0.1, 0.15) is 16.7 Å². The number of halogens is 1. The lowest BCUT2D eigenvalue weighted by atomic mass is 10.1. The smallest absolute Gasteiger partial charge is 0.0992 e. The molecule has 2 aromatic carbocycles. The molecule has 0 unspecified atom stereocenters. The lowest BCUT2D eigenvalue weighted by molar-refractivity contribution is 1.17. The Kier molecular flexibility index (Phi) is 3.92. The van der Waals surface area contributed by atoms with Gasteiger partial charge in [-0.3, -0.25) is 0 Å². The Hall–Kier alpha value is -1.79. The van der Waals surface area contributed by atoms with E-state index in [4.69, 9.17) is 5.26 Å². The van der Waals surface area contributed by atoms with Gasteiger partial charge in [0.15, 0.2) is 0 Å². The first-order chi connectivity index (χ1) is 9.01. The van der Waals surface area contributed by atoms with Crippen molar-refractivity contribution in [2.75, 3.05) is 11.9 Å². The maximum Gasteiger partial charge on any atom is 0.0992 e.